The molecule has 0 rings (SSSR count). The molecule has 0 aromatic heterocycles. The molecular weight excluding hydrogens is 192 g/mol. The standard InChI is InChI=1S/C5H12Cl2NOP/c1-4-8(5(2)3)10(6,7)9/h5H,4H2,1-3H3. The van der Waals surface area contributed by atoms with Crippen LogP contribution in [0.5, 0.6) is 0 Å². The van der Waals surface area contributed by atoms with Gasteiger partial charge in [-0.1, -0.05) is 6.92 Å². The third-order valence-corrected chi connectivity index (χ3v) is 3.73. The van der Waals surface area contributed by atoms with Crippen LogP contribution < -0.4 is 0 Å². The summed E-state index contributed by atoms with van der Waals surface area (Å²) in [5, 5.41) is 0. The van der Waals surface area contributed by atoms with Crippen LogP contribution in [0.2, 0.25) is 0 Å². The van der Waals surface area contributed by atoms with Crippen molar-refractivity contribution in [3.63, 3.8) is 0 Å². The van der Waals surface area contributed by atoms with Crippen LogP contribution in [0, 0.1) is 0 Å². The molecule has 0 unspecified atom stereocenters. The second-order valence-electron chi connectivity index (χ2n) is 2.28. The number of rotatable bonds is 3. The summed E-state index contributed by atoms with van der Waals surface area (Å²) in [6.45, 7) is 6.29. The SMILES string of the molecule is CCN(C(C)C)P(=O)(Cl)Cl. The molecule has 2 nitrogen and oxygen atoms in total. The average Bonchev–Trinajstić information content (AvgIpc) is 1.60. The second-order valence-corrected chi connectivity index (χ2v) is 6.94. The van der Waals surface area contributed by atoms with Crippen LogP contribution in [-0.2, 0) is 4.57 Å². The van der Waals surface area contributed by atoms with Crippen LogP contribution in [0.3, 0.4) is 0 Å². The summed E-state index contributed by atoms with van der Waals surface area (Å²) in [6.07, 6.45) is 0. The predicted molar refractivity (Wildman–Crippen MR) is 46.8 cm³/mol. The lowest BCUT2D eigenvalue weighted by Gasteiger charge is -2.24. The van der Waals surface area contributed by atoms with E-state index < -0.39 is 6.00 Å². The highest BCUT2D eigenvalue weighted by Gasteiger charge is 2.25. The highest BCUT2D eigenvalue weighted by molar-refractivity contribution is 8.06. The minimum absolute atomic E-state index is 0.130. The van der Waals surface area contributed by atoms with Gasteiger partial charge in [0.1, 0.15) is 0 Å². The van der Waals surface area contributed by atoms with Gasteiger partial charge in [0.15, 0.2) is 0 Å². The number of hydrogen-bond acceptors (Lipinski definition) is 1. The van der Waals surface area contributed by atoms with Crippen LogP contribution in [0.1, 0.15) is 20.8 Å². The van der Waals surface area contributed by atoms with Gasteiger partial charge in [-0.3, -0.25) is 4.57 Å². The molecule has 0 saturated carbocycles. The van der Waals surface area contributed by atoms with Gasteiger partial charge in [0.05, 0.1) is 0 Å². The minimum Gasteiger partial charge on any atom is -0.271 e. The lowest BCUT2D eigenvalue weighted by atomic mass is 10.4. The maximum absolute atomic E-state index is 11.0. The average molecular weight is 204 g/mol. The normalized spacial score (nSPS) is 13.1. The van der Waals surface area contributed by atoms with Crippen LogP contribution in [0.4, 0.5) is 0 Å². The van der Waals surface area contributed by atoms with Crippen molar-refractivity contribution >= 4 is 28.5 Å². The van der Waals surface area contributed by atoms with E-state index in [1.807, 2.05) is 20.8 Å². The Kier molecular flexibility index (Phi) is 4.27. The van der Waals surface area contributed by atoms with Gasteiger partial charge in [0.2, 0.25) is 0 Å². The Bertz CT molecular complexity index is 145. The fourth-order valence-corrected chi connectivity index (χ4v) is 3.35. The van der Waals surface area contributed by atoms with Crippen molar-refractivity contribution in [1.82, 2.24) is 4.67 Å². The van der Waals surface area contributed by atoms with Gasteiger partial charge in [-0.25, -0.2) is 4.67 Å². The zero-order valence-corrected chi connectivity index (χ0v) is 8.75. The summed E-state index contributed by atoms with van der Waals surface area (Å²) >= 11 is 10.9. The van der Waals surface area contributed by atoms with Crippen molar-refractivity contribution in [3.05, 3.63) is 0 Å². The Balaban J connectivity index is 4.22. The molecule has 5 heteroatoms. The number of halogens is 2. The summed E-state index contributed by atoms with van der Waals surface area (Å²) in [7, 11) is 0. The Morgan fingerprint density at radius 2 is 1.90 bits per heavy atom. The van der Waals surface area contributed by atoms with E-state index in [0.717, 1.165) is 0 Å². The van der Waals surface area contributed by atoms with Gasteiger partial charge in [0.25, 0.3) is 0 Å². The Hall–Kier alpha value is 0.770. The van der Waals surface area contributed by atoms with E-state index >= 15 is 0 Å². The lowest BCUT2D eigenvalue weighted by molar-refractivity contribution is 0.383. The van der Waals surface area contributed by atoms with Gasteiger partial charge in [-0.15, -0.1) is 0 Å². The first-order valence-electron chi connectivity index (χ1n) is 3.16. The van der Waals surface area contributed by atoms with Crippen molar-refractivity contribution < 1.29 is 4.57 Å². The van der Waals surface area contributed by atoms with Gasteiger partial charge in [-0.2, -0.15) is 0 Å². The zero-order valence-electron chi connectivity index (χ0n) is 6.34. The van der Waals surface area contributed by atoms with Gasteiger partial charge in [0, 0.05) is 12.6 Å². The van der Waals surface area contributed by atoms with E-state index in [2.05, 4.69) is 0 Å². The van der Waals surface area contributed by atoms with Crippen LogP contribution in [0.25, 0.3) is 0 Å². The molecule has 0 aliphatic heterocycles. The number of hydrogen-bond donors (Lipinski definition) is 0. The van der Waals surface area contributed by atoms with Crippen LogP contribution in [0.15, 0.2) is 0 Å². The Morgan fingerprint density at radius 3 is 1.90 bits per heavy atom. The molecule has 0 saturated heterocycles. The molecular formula is C5H12Cl2NOP. The molecule has 0 amide bonds. The van der Waals surface area contributed by atoms with Gasteiger partial charge >= 0.3 is 6.00 Å². The molecule has 0 atom stereocenters. The first-order chi connectivity index (χ1) is 4.39. The quantitative estimate of drug-likeness (QED) is 0.657. The molecule has 0 N–H and O–H groups in total. The first-order valence-corrected chi connectivity index (χ1v) is 6.63. The molecule has 0 aromatic carbocycles. The fourth-order valence-electron chi connectivity index (χ4n) is 0.799. The third kappa shape index (κ3) is 3.25. The minimum atomic E-state index is -3.05. The highest BCUT2D eigenvalue weighted by atomic mass is 35.9. The molecule has 0 heterocycles. The molecule has 0 bridgehead atoms. The molecule has 62 valence electrons. The maximum atomic E-state index is 11.0. The van der Waals surface area contributed by atoms with Crippen molar-refractivity contribution in [2.24, 2.45) is 0 Å². The second kappa shape index (κ2) is 3.96. The number of nitrogens with zero attached hydrogens (tertiary/aromatic N) is 1. The topological polar surface area (TPSA) is 20.3 Å². The molecule has 0 aliphatic rings. The lowest BCUT2D eigenvalue weighted by Crippen LogP contribution is -2.24. The molecule has 0 radical (unpaired) electrons. The monoisotopic (exact) mass is 203 g/mol. The molecule has 10 heavy (non-hydrogen) atoms. The largest absolute Gasteiger partial charge is 0.322 e. The molecule has 0 spiro atoms. The van der Waals surface area contributed by atoms with E-state index in [0.29, 0.717) is 6.54 Å². The summed E-state index contributed by atoms with van der Waals surface area (Å²) in [6, 6.07) is 0.130. The molecule has 0 aromatic rings. The van der Waals surface area contributed by atoms with Gasteiger partial charge in [-0.05, 0) is 36.3 Å². The smallest absolute Gasteiger partial charge is 0.271 e. The zero-order chi connectivity index (χ0) is 8.36. The highest BCUT2D eigenvalue weighted by Crippen LogP contribution is 2.60. The van der Waals surface area contributed by atoms with Gasteiger partial charge < -0.3 is 0 Å². The van der Waals surface area contributed by atoms with E-state index in [1.54, 1.807) is 4.67 Å². The van der Waals surface area contributed by atoms with Crippen molar-refractivity contribution in [1.29, 1.82) is 0 Å². The van der Waals surface area contributed by atoms with Crippen LogP contribution >= 0.6 is 28.5 Å². The van der Waals surface area contributed by atoms with Crippen molar-refractivity contribution in [2.45, 2.75) is 26.8 Å². The summed E-state index contributed by atoms with van der Waals surface area (Å²) < 4.78 is 12.6. The summed E-state index contributed by atoms with van der Waals surface area (Å²) in [4.78, 5) is 0. The Labute approximate surface area is 71.5 Å². The van der Waals surface area contributed by atoms with E-state index in [9.17, 15) is 4.57 Å². The maximum Gasteiger partial charge on any atom is 0.322 e. The third-order valence-electron chi connectivity index (χ3n) is 1.22. The predicted octanol–water partition coefficient (Wildman–Crippen LogP) is 3.30. The molecule has 0 fully saturated rings. The van der Waals surface area contributed by atoms with Crippen molar-refractivity contribution in [2.75, 3.05) is 6.54 Å². The van der Waals surface area contributed by atoms with E-state index in [1.165, 1.54) is 0 Å². The van der Waals surface area contributed by atoms with E-state index in [-0.39, 0.29) is 6.04 Å². The fraction of sp³-hybridized carbons (Fsp3) is 1.00. The summed E-state index contributed by atoms with van der Waals surface area (Å²) in [5.74, 6) is -3.05. The Morgan fingerprint density at radius 1 is 1.50 bits per heavy atom. The summed E-state index contributed by atoms with van der Waals surface area (Å²) in [5.41, 5.74) is 0. The molecule has 0 aliphatic carbocycles. The van der Waals surface area contributed by atoms with Crippen molar-refractivity contribution in [3.8, 4) is 0 Å². The van der Waals surface area contributed by atoms with Crippen LogP contribution in [-0.4, -0.2) is 17.3 Å². The first kappa shape index (κ1) is 10.8. The van der Waals surface area contributed by atoms with E-state index in [4.69, 9.17) is 22.5 Å².